The Labute approximate surface area is 401 Å². The number of nitrogens with one attached hydrogen (secondary N) is 1. The van der Waals surface area contributed by atoms with Crippen LogP contribution in [0.25, 0.3) is 0 Å². The Morgan fingerprint density at radius 2 is 0.938 bits per heavy atom. The van der Waals surface area contributed by atoms with Gasteiger partial charge in [0.15, 0.2) is 0 Å². The van der Waals surface area contributed by atoms with Crippen molar-refractivity contribution in [1.82, 2.24) is 5.32 Å². The van der Waals surface area contributed by atoms with Gasteiger partial charge >= 0.3 is 0 Å². The Morgan fingerprint density at radius 3 is 1.37 bits per heavy atom. The van der Waals surface area contributed by atoms with Crippen molar-refractivity contribution >= 4 is 13.7 Å². The van der Waals surface area contributed by atoms with Gasteiger partial charge in [-0.3, -0.25) is 9.36 Å². The minimum absolute atomic E-state index is 0.00667. The van der Waals surface area contributed by atoms with Gasteiger partial charge in [0.2, 0.25) is 5.91 Å². The van der Waals surface area contributed by atoms with Crippen molar-refractivity contribution in [2.45, 2.75) is 225 Å². The molecule has 0 aliphatic carbocycles. The largest absolute Gasteiger partial charge is 0.756 e. The van der Waals surface area contributed by atoms with Crippen LogP contribution in [0.4, 0.5) is 0 Å². The lowest BCUT2D eigenvalue weighted by atomic mass is 10.0. The van der Waals surface area contributed by atoms with Crippen LogP contribution in [-0.4, -0.2) is 68.5 Å². The van der Waals surface area contributed by atoms with Crippen LogP contribution in [0, 0.1) is 0 Å². The molecule has 3 atom stereocenters. The zero-order chi connectivity index (χ0) is 47.8. The third kappa shape index (κ3) is 49.4. The molecule has 65 heavy (non-hydrogen) atoms. The molecular formula is C56H101N2O6P. The van der Waals surface area contributed by atoms with Gasteiger partial charge in [0.05, 0.1) is 39.9 Å². The van der Waals surface area contributed by atoms with Crippen molar-refractivity contribution in [2.24, 2.45) is 0 Å². The number of rotatable bonds is 47. The molecule has 0 bridgehead atoms. The number of phosphoric acid groups is 1. The van der Waals surface area contributed by atoms with E-state index in [9.17, 15) is 19.4 Å². The number of hydrogen-bond acceptors (Lipinski definition) is 6. The predicted molar refractivity (Wildman–Crippen MR) is 279 cm³/mol. The van der Waals surface area contributed by atoms with E-state index < -0.39 is 20.0 Å². The number of quaternary nitrogens is 1. The van der Waals surface area contributed by atoms with Gasteiger partial charge in [-0.25, -0.2) is 0 Å². The third-order valence-corrected chi connectivity index (χ3v) is 12.3. The molecule has 0 aromatic rings. The Kier molecular flexibility index (Phi) is 45.1. The SMILES string of the molecule is CC/C=C\C/C=C\C/C=C\C/C=C\C/C=C\C/C=C\CCCCCCCCCCC(=O)NC(COP(=O)([O-])OCC[N+](C)(C)C)C(O)/C=C/CCCCCCCCCCCCCCCC. The maximum atomic E-state index is 12.9. The van der Waals surface area contributed by atoms with E-state index in [1.54, 1.807) is 6.08 Å². The second-order valence-corrected chi connectivity index (χ2v) is 20.3. The molecule has 376 valence electrons. The van der Waals surface area contributed by atoms with Gasteiger partial charge in [-0.2, -0.15) is 0 Å². The van der Waals surface area contributed by atoms with E-state index in [0.717, 1.165) is 89.9 Å². The van der Waals surface area contributed by atoms with Crippen LogP contribution < -0.4 is 10.2 Å². The summed E-state index contributed by atoms with van der Waals surface area (Å²) >= 11 is 0. The van der Waals surface area contributed by atoms with Gasteiger partial charge in [0.1, 0.15) is 13.2 Å². The fourth-order valence-corrected chi connectivity index (χ4v) is 7.94. The van der Waals surface area contributed by atoms with Crippen LogP contribution in [-0.2, 0) is 18.4 Å². The van der Waals surface area contributed by atoms with Crippen LogP contribution in [0.5, 0.6) is 0 Å². The molecule has 1 amide bonds. The Morgan fingerprint density at radius 1 is 0.554 bits per heavy atom. The number of unbranched alkanes of at least 4 members (excludes halogenated alkanes) is 22. The van der Waals surface area contributed by atoms with Crippen molar-refractivity contribution in [1.29, 1.82) is 0 Å². The van der Waals surface area contributed by atoms with E-state index in [-0.39, 0.29) is 19.1 Å². The van der Waals surface area contributed by atoms with Crippen molar-refractivity contribution < 1.29 is 32.9 Å². The highest BCUT2D eigenvalue weighted by Crippen LogP contribution is 2.38. The van der Waals surface area contributed by atoms with E-state index in [1.807, 2.05) is 27.2 Å². The van der Waals surface area contributed by atoms with Crippen LogP contribution in [0.3, 0.4) is 0 Å². The lowest BCUT2D eigenvalue weighted by molar-refractivity contribution is -0.870. The van der Waals surface area contributed by atoms with E-state index in [0.29, 0.717) is 17.4 Å². The number of amides is 1. The zero-order valence-corrected chi connectivity index (χ0v) is 43.6. The average Bonchev–Trinajstić information content (AvgIpc) is 3.26. The smallest absolute Gasteiger partial charge is 0.268 e. The summed E-state index contributed by atoms with van der Waals surface area (Å²) in [6.45, 7) is 4.52. The number of aliphatic hydroxyl groups is 1. The average molecular weight is 929 g/mol. The van der Waals surface area contributed by atoms with Crippen molar-refractivity contribution in [3.05, 3.63) is 85.1 Å². The minimum Gasteiger partial charge on any atom is -0.756 e. The predicted octanol–water partition coefficient (Wildman–Crippen LogP) is 15.1. The minimum atomic E-state index is -4.60. The van der Waals surface area contributed by atoms with Crippen LogP contribution in [0.15, 0.2) is 85.1 Å². The van der Waals surface area contributed by atoms with Gasteiger partial charge in [-0.15, -0.1) is 0 Å². The quantitative estimate of drug-likeness (QED) is 0.0272. The number of carbonyl (C=O) groups excluding carboxylic acids is 1. The summed E-state index contributed by atoms with van der Waals surface area (Å²) in [5.41, 5.74) is 0. The molecule has 0 aromatic carbocycles. The molecule has 0 aliphatic rings. The second kappa shape index (κ2) is 46.8. The summed E-state index contributed by atoms with van der Waals surface area (Å²) in [5.74, 6) is -0.209. The summed E-state index contributed by atoms with van der Waals surface area (Å²) < 4.78 is 23.3. The number of allylic oxidation sites excluding steroid dienone is 13. The lowest BCUT2D eigenvalue weighted by Gasteiger charge is -2.29. The molecular weight excluding hydrogens is 828 g/mol. The number of phosphoric ester groups is 1. The lowest BCUT2D eigenvalue weighted by Crippen LogP contribution is -2.45. The first-order valence-corrected chi connectivity index (χ1v) is 27.9. The first kappa shape index (κ1) is 62.7. The molecule has 0 fully saturated rings. The molecule has 8 nitrogen and oxygen atoms in total. The zero-order valence-electron chi connectivity index (χ0n) is 42.7. The first-order chi connectivity index (χ1) is 31.5. The van der Waals surface area contributed by atoms with Crippen molar-refractivity contribution in [3.63, 3.8) is 0 Å². The van der Waals surface area contributed by atoms with Gasteiger partial charge in [-0.05, 0) is 70.6 Å². The Bertz CT molecular complexity index is 1330. The number of aliphatic hydroxyl groups excluding tert-OH is 1. The Balaban J connectivity index is 4.29. The van der Waals surface area contributed by atoms with Gasteiger partial charge < -0.3 is 28.8 Å². The highest BCUT2D eigenvalue weighted by Gasteiger charge is 2.23. The number of carbonyl (C=O) groups is 1. The van der Waals surface area contributed by atoms with Crippen LogP contribution in [0.2, 0.25) is 0 Å². The molecule has 0 saturated heterocycles. The maximum absolute atomic E-state index is 12.9. The van der Waals surface area contributed by atoms with Gasteiger partial charge in [0, 0.05) is 6.42 Å². The van der Waals surface area contributed by atoms with Gasteiger partial charge in [0.25, 0.3) is 7.82 Å². The summed E-state index contributed by atoms with van der Waals surface area (Å²) in [4.78, 5) is 25.4. The molecule has 0 aromatic heterocycles. The summed E-state index contributed by atoms with van der Waals surface area (Å²) in [7, 11) is 1.24. The third-order valence-electron chi connectivity index (χ3n) is 11.4. The molecule has 0 heterocycles. The van der Waals surface area contributed by atoms with Crippen LogP contribution in [0.1, 0.15) is 213 Å². The molecule has 0 spiro atoms. The van der Waals surface area contributed by atoms with Gasteiger partial charge in [-0.1, -0.05) is 221 Å². The van der Waals surface area contributed by atoms with E-state index in [4.69, 9.17) is 9.05 Å². The molecule has 9 heteroatoms. The number of likely N-dealkylation sites (N-methyl/N-ethyl adjacent to an activating group) is 1. The highest BCUT2D eigenvalue weighted by molar-refractivity contribution is 7.45. The normalized spacial score (nSPS) is 14.8. The fourth-order valence-electron chi connectivity index (χ4n) is 7.21. The monoisotopic (exact) mass is 929 g/mol. The van der Waals surface area contributed by atoms with Crippen molar-refractivity contribution in [2.75, 3.05) is 40.9 Å². The number of hydrogen-bond donors (Lipinski definition) is 2. The number of nitrogens with zero attached hydrogens (tertiary/aromatic N) is 1. The second-order valence-electron chi connectivity index (χ2n) is 18.9. The molecule has 0 saturated carbocycles. The highest BCUT2D eigenvalue weighted by atomic mass is 31.2. The van der Waals surface area contributed by atoms with Crippen LogP contribution >= 0.6 is 7.82 Å². The van der Waals surface area contributed by atoms with E-state index in [1.165, 1.54) is 103 Å². The topological polar surface area (TPSA) is 108 Å². The maximum Gasteiger partial charge on any atom is 0.268 e. The molecule has 2 N–H and O–H groups in total. The summed E-state index contributed by atoms with van der Waals surface area (Å²) in [5, 5.41) is 13.8. The summed E-state index contributed by atoms with van der Waals surface area (Å²) in [6.07, 6.45) is 64.9. The molecule has 0 aliphatic heterocycles. The van der Waals surface area contributed by atoms with Crippen molar-refractivity contribution in [3.8, 4) is 0 Å². The van der Waals surface area contributed by atoms with E-state index >= 15 is 0 Å². The standard InChI is InChI=1S/C56H101N2O6P/c1-6-8-10-12-14-16-18-20-22-24-25-26-27-28-29-30-31-32-33-34-36-38-40-42-44-46-48-50-56(60)57-54(53-64-65(61,62)63-52-51-58(3,4)5)55(59)49-47-45-43-41-39-37-35-23-21-19-17-15-13-11-9-7-2/h8,10,14,16,20,22,25-26,28-29,31-32,47,49,54-55,59H,6-7,9,11-13,15,17-19,21,23-24,27,30,33-46,48,50-53H2,1-5H3,(H-,57,60,61,62)/b10-8-,16-14-,22-20-,26-25-,29-28-,32-31-,49-47+. The molecule has 0 radical (unpaired) electrons. The van der Waals surface area contributed by atoms with E-state index in [2.05, 4.69) is 92.1 Å². The summed E-state index contributed by atoms with van der Waals surface area (Å²) in [6, 6.07) is -0.896. The molecule has 0 rings (SSSR count). The fraction of sp³-hybridized carbons (Fsp3) is 0.732. The Hall–Kier alpha value is -2.32. The molecule has 3 unspecified atom stereocenters. The first-order valence-electron chi connectivity index (χ1n) is 26.4.